The van der Waals surface area contributed by atoms with Crippen molar-refractivity contribution in [3.8, 4) is 0 Å². The SMILES string of the molecule is CC(C)(C)N1CCC(CN2CC(F)C3(C2)CN(C(C)(C)C)C3)CC1. The lowest BCUT2D eigenvalue weighted by Crippen LogP contribution is -2.66. The van der Waals surface area contributed by atoms with Gasteiger partial charge in [0.1, 0.15) is 6.17 Å². The summed E-state index contributed by atoms with van der Waals surface area (Å²) in [5.74, 6) is 0.754. The van der Waals surface area contributed by atoms with Gasteiger partial charge in [-0.05, 0) is 73.4 Å². The van der Waals surface area contributed by atoms with Gasteiger partial charge in [0.2, 0.25) is 0 Å². The van der Waals surface area contributed by atoms with E-state index in [1.54, 1.807) is 0 Å². The fraction of sp³-hybridized carbons (Fsp3) is 1.00. The molecule has 1 unspecified atom stereocenters. The smallest absolute Gasteiger partial charge is 0.122 e. The highest BCUT2D eigenvalue weighted by molar-refractivity contribution is 5.09. The molecular formula is C20H38FN3. The summed E-state index contributed by atoms with van der Waals surface area (Å²) < 4.78 is 14.7. The third-order valence-electron chi connectivity index (χ3n) is 6.66. The Morgan fingerprint density at radius 3 is 1.92 bits per heavy atom. The zero-order valence-corrected chi connectivity index (χ0v) is 16.7. The van der Waals surface area contributed by atoms with Gasteiger partial charge in [-0.25, -0.2) is 4.39 Å². The normalized spacial score (nSPS) is 30.9. The summed E-state index contributed by atoms with van der Waals surface area (Å²) in [6.07, 6.45) is 1.91. The molecule has 140 valence electrons. The van der Waals surface area contributed by atoms with Crippen LogP contribution in [0.5, 0.6) is 0 Å². The van der Waals surface area contributed by atoms with Crippen LogP contribution in [0.25, 0.3) is 0 Å². The Balaban J connectivity index is 1.47. The first kappa shape index (κ1) is 18.6. The molecule has 4 heteroatoms. The zero-order chi connectivity index (χ0) is 17.8. The molecule has 3 rings (SSSR count). The lowest BCUT2D eigenvalue weighted by Gasteiger charge is -2.55. The van der Waals surface area contributed by atoms with Crippen LogP contribution in [0.1, 0.15) is 54.4 Å². The largest absolute Gasteiger partial charge is 0.299 e. The molecule has 0 radical (unpaired) electrons. The Morgan fingerprint density at radius 1 is 0.875 bits per heavy atom. The van der Waals surface area contributed by atoms with Crippen LogP contribution in [0.3, 0.4) is 0 Å². The molecule has 3 aliphatic heterocycles. The van der Waals surface area contributed by atoms with Crippen LogP contribution >= 0.6 is 0 Å². The Hall–Kier alpha value is -0.190. The molecule has 0 aromatic carbocycles. The number of alkyl halides is 1. The second-order valence-corrected chi connectivity index (χ2v) is 10.7. The highest BCUT2D eigenvalue weighted by Crippen LogP contribution is 2.44. The van der Waals surface area contributed by atoms with Gasteiger partial charge in [0.15, 0.2) is 0 Å². The van der Waals surface area contributed by atoms with E-state index in [4.69, 9.17) is 0 Å². The Labute approximate surface area is 148 Å². The first-order chi connectivity index (χ1) is 11.0. The van der Waals surface area contributed by atoms with Crippen molar-refractivity contribution < 1.29 is 4.39 Å². The van der Waals surface area contributed by atoms with E-state index < -0.39 is 6.17 Å². The van der Waals surface area contributed by atoms with Gasteiger partial charge >= 0.3 is 0 Å². The van der Waals surface area contributed by atoms with Crippen LogP contribution in [0, 0.1) is 11.3 Å². The van der Waals surface area contributed by atoms with Crippen molar-refractivity contribution >= 4 is 0 Å². The van der Waals surface area contributed by atoms with Gasteiger partial charge in [-0.1, -0.05) is 0 Å². The minimum Gasteiger partial charge on any atom is -0.299 e. The molecule has 0 amide bonds. The zero-order valence-electron chi connectivity index (χ0n) is 16.7. The molecule has 0 aliphatic carbocycles. The van der Waals surface area contributed by atoms with Crippen molar-refractivity contribution in [2.45, 2.75) is 71.6 Å². The van der Waals surface area contributed by atoms with Crippen LogP contribution in [-0.4, -0.2) is 77.8 Å². The number of hydrogen-bond acceptors (Lipinski definition) is 3. The van der Waals surface area contributed by atoms with Gasteiger partial charge in [-0.2, -0.15) is 0 Å². The molecule has 0 N–H and O–H groups in total. The van der Waals surface area contributed by atoms with Gasteiger partial charge in [0.25, 0.3) is 0 Å². The number of nitrogens with zero attached hydrogens (tertiary/aromatic N) is 3. The minimum absolute atomic E-state index is 0.0700. The van der Waals surface area contributed by atoms with Crippen molar-refractivity contribution in [1.29, 1.82) is 0 Å². The fourth-order valence-corrected chi connectivity index (χ4v) is 4.81. The second-order valence-electron chi connectivity index (χ2n) is 10.7. The summed E-state index contributed by atoms with van der Waals surface area (Å²) in [7, 11) is 0. The molecule has 3 saturated heterocycles. The maximum Gasteiger partial charge on any atom is 0.122 e. The molecule has 0 saturated carbocycles. The molecule has 3 nitrogen and oxygen atoms in total. The van der Waals surface area contributed by atoms with E-state index in [0.29, 0.717) is 6.54 Å². The Kier molecular flexibility index (Phi) is 4.81. The minimum atomic E-state index is -0.634. The number of halogens is 1. The van der Waals surface area contributed by atoms with Crippen molar-refractivity contribution in [3.63, 3.8) is 0 Å². The summed E-state index contributed by atoms with van der Waals surface area (Å²) in [6, 6.07) is 0. The molecule has 1 atom stereocenters. The summed E-state index contributed by atoms with van der Waals surface area (Å²) >= 11 is 0. The second kappa shape index (κ2) is 6.21. The van der Waals surface area contributed by atoms with Crippen molar-refractivity contribution in [2.75, 3.05) is 45.8 Å². The maximum atomic E-state index is 14.7. The van der Waals surface area contributed by atoms with E-state index in [-0.39, 0.29) is 16.5 Å². The lowest BCUT2D eigenvalue weighted by atomic mass is 9.75. The number of hydrogen-bond donors (Lipinski definition) is 0. The van der Waals surface area contributed by atoms with Gasteiger partial charge in [0, 0.05) is 49.2 Å². The highest BCUT2D eigenvalue weighted by Gasteiger charge is 2.56. The monoisotopic (exact) mass is 339 g/mol. The van der Waals surface area contributed by atoms with Crippen LogP contribution in [0.4, 0.5) is 4.39 Å². The molecule has 3 fully saturated rings. The van der Waals surface area contributed by atoms with Crippen LogP contribution in [0.2, 0.25) is 0 Å². The molecule has 0 aromatic heterocycles. The van der Waals surface area contributed by atoms with E-state index in [1.165, 1.54) is 25.9 Å². The highest BCUT2D eigenvalue weighted by atomic mass is 19.1. The molecule has 1 spiro atoms. The molecule has 24 heavy (non-hydrogen) atoms. The first-order valence-electron chi connectivity index (χ1n) is 9.86. The maximum absolute atomic E-state index is 14.7. The lowest BCUT2D eigenvalue weighted by molar-refractivity contribution is -0.0811. The van der Waals surface area contributed by atoms with E-state index in [2.05, 4.69) is 56.2 Å². The van der Waals surface area contributed by atoms with Crippen molar-refractivity contribution in [3.05, 3.63) is 0 Å². The predicted molar refractivity (Wildman–Crippen MR) is 99.1 cm³/mol. The van der Waals surface area contributed by atoms with Gasteiger partial charge in [-0.3, -0.25) is 14.7 Å². The average molecular weight is 340 g/mol. The Morgan fingerprint density at radius 2 is 1.42 bits per heavy atom. The Bertz CT molecular complexity index is 437. The summed E-state index contributed by atoms with van der Waals surface area (Å²) in [5.41, 5.74) is 0.395. The standard InChI is InChI=1S/C20H38FN3/c1-18(2,3)23-9-7-16(8-10-23)11-22-12-17(21)20(13-22)14-24(15-20)19(4,5)6/h16-17H,7-15H2,1-6H3. The van der Waals surface area contributed by atoms with Gasteiger partial charge in [-0.15, -0.1) is 0 Å². The molecule has 3 aliphatic rings. The average Bonchev–Trinajstić information content (AvgIpc) is 2.72. The van der Waals surface area contributed by atoms with E-state index in [9.17, 15) is 4.39 Å². The number of rotatable bonds is 2. The van der Waals surface area contributed by atoms with Gasteiger partial charge in [0.05, 0.1) is 0 Å². The van der Waals surface area contributed by atoms with E-state index in [1.807, 2.05) is 0 Å². The molecular weight excluding hydrogens is 301 g/mol. The quantitative estimate of drug-likeness (QED) is 0.765. The van der Waals surface area contributed by atoms with Crippen molar-refractivity contribution in [2.24, 2.45) is 11.3 Å². The topological polar surface area (TPSA) is 9.72 Å². The molecule has 0 bridgehead atoms. The molecule has 0 aromatic rings. The number of likely N-dealkylation sites (tertiary alicyclic amines) is 3. The van der Waals surface area contributed by atoms with E-state index >= 15 is 0 Å². The first-order valence-corrected chi connectivity index (χ1v) is 9.86. The van der Waals surface area contributed by atoms with Crippen molar-refractivity contribution in [1.82, 2.24) is 14.7 Å². The predicted octanol–water partition coefficient (Wildman–Crippen LogP) is 3.25. The van der Waals surface area contributed by atoms with Gasteiger partial charge < -0.3 is 0 Å². The number of piperidine rings is 1. The third-order valence-corrected chi connectivity index (χ3v) is 6.66. The van der Waals surface area contributed by atoms with E-state index in [0.717, 1.165) is 32.1 Å². The van der Waals surface area contributed by atoms with Crippen LogP contribution in [0.15, 0.2) is 0 Å². The summed E-state index contributed by atoms with van der Waals surface area (Å²) in [5, 5.41) is 0. The fourth-order valence-electron chi connectivity index (χ4n) is 4.81. The third kappa shape index (κ3) is 3.66. The molecule has 3 heterocycles. The van der Waals surface area contributed by atoms with Crippen LogP contribution < -0.4 is 0 Å². The summed E-state index contributed by atoms with van der Waals surface area (Å²) in [6.45, 7) is 20.7. The summed E-state index contributed by atoms with van der Waals surface area (Å²) in [4.78, 5) is 7.47. The van der Waals surface area contributed by atoms with Crippen LogP contribution in [-0.2, 0) is 0 Å².